The molecule has 2 aromatic rings. The summed E-state index contributed by atoms with van der Waals surface area (Å²) in [7, 11) is 1.91. The van der Waals surface area contributed by atoms with Gasteiger partial charge in [-0.05, 0) is 23.3 Å². The number of nitrogens with two attached hydrogens (primary N) is 1. The SMILES string of the molecule is CNc1ccc(C(N)c2ccccc2)cc1. The summed E-state index contributed by atoms with van der Waals surface area (Å²) in [6.07, 6.45) is 0. The maximum absolute atomic E-state index is 6.19. The predicted octanol–water partition coefficient (Wildman–Crippen LogP) is 2.78. The molecular weight excluding hydrogens is 196 g/mol. The van der Waals surface area contributed by atoms with Gasteiger partial charge < -0.3 is 11.1 Å². The lowest BCUT2D eigenvalue weighted by molar-refractivity contribution is 0.872. The summed E-state index contributed by atoms with van der Waals surface area (Å²) in [5.74, 6) is 0. The van der Waals surface area contributed by atoms with Gasteiger partial charge in [-0.1, -0.05) is 42.5 Å². The average Bonchev–Trinajstić information content (AvgIpc) is 2.39. The molecule has 2 aromatic carbocycles. The van der Waals surface area contributed by atoms with Crippen LogP contribution in [-0.4, -0.2) is 7.05 Å². The molecule has 2 rings (SSSR count). The first-order chi connectivity index (χ1) is 7.81. The second kappa shape index (κ2) is 4.81. The number of rotatable bonds is 3. The Bertz CT molecular complexity index is 434. The fraction of sp³-hybridized carbons (Fsp3) is 0.143. The number of anilines is 1. The molecule has 2 heteroatoms. The molecular formula is C14H16N2. The van der Waals surface area contributed by atoms with E-state index >= 15 is 0 Å². The van der Waals surface area contributed by atoms with Crippen LogP contribution in [0.3, 0.4) is 0 Å². The highest BCUT2D eigenvalue weighted by Crippen LogP contribution is 2.20. The summed E-state index contributed by atoms with van der Waals surface area (Å²) in [5.41, 5.74) is 9.56. The van der Waals surface area contributed by atoms with Crippen LogP contribution in [0.4, 0.5) is 5.69 Å². The lowest BCUT2D eigenvalue weighted by Gasteiger charge is -2.12. The summed E-state index contributed by atoms with van der Waals surface area (Å²) in [6, 6.07) is 18.3. The van der Waals surface area contributed by atoms with E-state index in [0.717, 1.165) is 16.8 Å². The van der Waals surface area contributed by atoms with Crippen LogP contribution in [0, 0.1) is 0 Å². The molecule has 1 atom stereocenters. The van der Waals surface area contributed by atoms with Crippen molar-refractivity contribution in [2.75, 3.05) is 12.4 Å². The molecule has 0 radical (unpaired) electrons. The maximum atomic E-state index is 6.19. The van der Waals surface area contributed by atoms with Gasteiger partial charge in [-0.15, -0.1) is 0 Å². The van der Waals surface area contributed by atoms with Crippen LogP contribution in [0.15, 0.2) is 54.6 Å². The zero-order valence-electron chi connectivity index (χ0n) is 9.35. The minimum Gasteiger partial charge on any atom is -0.388 e. The standard InChI is InChI=1S/C14H16N2/c1-16-13-9-7-12(8-10-13)14(15)11-5-3-2-4-6-11/h2-10,14,16H,15H2,1H3. The van der Waals surface area contributed by atoms with Crippen molar-refractivity contribution in [3.63, 3.8) is 0 Å². The van der Waals surface area contributed by atoms with E-state index in [2.05, 4.69) is 29.6 Å². The third kappa shape index (κ3) is 2.23. The first-order valence-electron chi connectivity index (χ1n) is 5.39. The van der Waals surface area contributed by atoms with Crippen LogP contribution < -0.4 is 11.1 Å². The van der Waals surface area contributed by atoms with Crippen molar-refractivity contribution < 1.29 is 0 Å². The van der Waals surface area contributed by atoms with Crippen LogP contribution >= 0.6 is 0 Å². The molecule has 0 aliphatic carbocycles. The molecule has 0 aromatic heterocycles. The molecule has 0 bridgehead atoms. The van der Waals surface area contributed by atoms with Crippen LogP contribution in [0.1, 0.15) is 17.2 Å². The molecule has 0 heterocycles. The first-order valence-corrected chi connectivity index (χ1v) is 5.39. The van der Waals surface area contributed by atoms with Crippen molar-refractivity contribution in [2.24, 2.45) is 5.73 Å². The monoisotopic (exact) mass is 212 g/mol. The van der Waals surface area contributed by atoms with E-state index < -0.39 is 0 Å². The molecule has 82 valence electrons. The van der Waals surface area contributed by atoms with Gasteiger partial charge >= 0.3 is 0 Å². The van der Waals surface area contributed by atoms with Gasteiger partial charge in [-0.3, -0.25) is 0 Å². The van der Waals surface area contributed by atoms with Gasteiger partial charge in [0.05, 0.1) is 6.04 Å². The quantitative estimate of drug-likeness (QED) is 0.821. The molecule has 0 saturated heterocycles. The topological polar surface area (TPSA) is 38.0 Å². The van der Waals surface area contributed by atoms with Crippen molar-refractivity contribution in [3.05, 3.63) is 65.7 Å². The normalized spacial score (nSPS) is 12.1. The summed E-state index contributed by atoms with van der Waals surface area (Å²) in [4.78, 5) is 0. The second-order valence-electron chi connectivity index (χ2n) is 3.76. The van der Waals surface area contributed by atoms with Crippen molar-refractivity contribution in [2.45, 2.75) is 6.04 Å². The van der Waals surface area contributed by atoms with Crippen LogP contribution in [0.25, 0.3) is 0 Å². The Morgan fingerprint density at radius 1 is 0.875 bits per heavy atom. The Morgan fingerprint density at radius 2 is 1.44 bits per heavy atom. The molecule has 16 heavy (non-hydrogen) atoms. The molecule has 2 nitrogen and oxygen atoms in total. The highest BCUT2D eigenvalue weighted by Gasteiger charge is 2.07. The van der Waals surface area contributed by atoms with Crippen molar-refractivity contribution in [1.29, 1.82) is 0 Å². The number of hydrogen-bond donors (Lipinski definition) is 2. The minimum absolute atomic E-state index is 0.0490. The fourth-order valence-electron chi connectivity index (χ4n) is 1.71. The van der Waals surface area contributed by atoms with Gasteiger partial charge in [0.1, 0.15) is 0 Å². The molecule has 0 saturated carbocycles. The predicted molar refractivity (Wildman–Crippen MR) is 68.5 cm³/mol. The van der Waals surface area contributed by atoms with Crippen LogP contribution in [0.2, 0.25) is 0 Å². The highest BCUT2D eigenvalue weighted by atomic mass is 14.8. The number of hydrogen-bond acceptors (Lipinski definition) is 2. The summed E-state index contributed by atoms with van der Waals surface area (Å²) < 4.78 is 0. The van der Waals surface area contributed by atoms with E-state index in [0.29, 0.717) is 0 Å². The summed E-state index contributed by atoms with van der Waals surface area (Å²) in [5, 5.41) is 3.09. The zero-order chi connectivity index (χ0) is 11.4. The summed E-state index contributed by atoms with van der Waals surface area (Å²) in [6.45, 7) is 0. The largest absolute Gasteiger partial charge is 0.388 e. The third-order valence-corrected chi connectivity index (χ3v) is 2.72. The highest BCUT2D eigenvalue weighted by molar-refractivity contribution is 5.45. The Balaban J connectivity index is 2.24. The number of benzene rings is 2. The van der Waals surface area contributed by atoms with Gasteiger partial charge in [0.25, 0.3) is 0 Å². The molecule has 3 N–H and O–H groups in total. The van der Waals surface area contributed by atoms with Crippen molar-refractivity contribution in [1.82, 2.24) is 0 Å². The average molecular weight is 212 g/mol. The van der Waals surface area contributed by atoms with E-state index in [1.165, 1.54) is 0 Å². The molecule has 0 aliphatic rings. The van der Waals surface area contributed by atoms with E-state index in [1.807, 2.05) is 37.4 Å². The van der Waals surface area contributed by atoms with E-state index in [-0.39, 0.29) is 6.04 Å². The Labute approximate surface area is 96.1 Å². The van der Waals surface area contributed by atoms with Gasteiger partial charge in [-0.2, -0.15) is 0 Å². The van der Waals surface area contributed by atoms with E-state index in [4.69, 9.17) is 5.73 Å². The van der Waals surface area contributed by atoms with Crippen molar-refractivity contribution in [3.8, 4) is 0 Å². The lowest BCUT2D eigenvalue weighted by Crippen LogP contribution is -2.11. The number of nitrogens with one attached hydrogen (secondary N) is 1. The van der Waals surface area contributed by atoms with Gasteiger partial charge in [-0.25, -0.2) is 0 Å². The molecule has 0 spiro atoms. The fourth-order valence-corrected chi connectivity index (χ4v) is 1.71. The van der Waals surface area contributed by atoms with Gasteiger partial charge in [0, 0.05) is 12.7 Å². The van der Waals surface area contributed by atoms with E-state index in [9.17, 15) is 0 Å². The molecule has 1 unspecified atom stereocenters. The Hall–Kier alpha value is -1.80. The van der Waals surface area contributed by atoms with Crippen LogP contribution in [0.5, 0.6) is 0 Å². The smallest absolute Gasteiger partial charge is 0.0551 e. The molecule has 0 aliphatic heterocycles. The van der Waals surface area contributed by atoms with Crippen LogP contribution in [-0.2, 0) is 0 Å². The Morgan fingerprint density at radius 3 is 2.00 bits per heavy atom. The third-order valence-electron chi connectivity index (χ3n) is 2.72. The van der Waals surface area contributed by atoms with Gasteiger partial charge in [0.15, 0.2) is 0 Å². The molecule has 0 amide bonds. The second-order valence-corrected chi connectivity index (χ2v) is 3.76. The molecule has 0 fully saturated rings. The zero-order valence-corrected chi connectivity index (χ0v) is 9.35. The lowest BCUT2D eigenvalue weighted by atomic mass is 9.99. The summed E-state index contributed by atoms with van der Waals surface area (Å²) >= 11 is 0. The minimum atomic E-state index is -0.0490. The van der Waals surface area contributed by atoms with Gasteiger partial charge in [0.2, 0.25) is 0 Å². The first kappa shape index (κ1) is 10.7. The van der Waals surface area contributed by atoms with Crippen molar-refractivity contribution >= 4 is 5.69 Å². The maximum Gasteiger partial charge on any atom is 0.0551 e. The van der Waals surface area contributed by atoms with E-state index in [1.54, 1.807) is 0 Å². The Kier molecular flexibility index (Phi) is 3.22.